The molecule has 1 heterocycles. The van der Waals surface area contributed by atoms with Crippen LogP contribution in [0.15, 0.2) is 6.07 Å². The van der Waals surface area contributed by atoms with Crippen molar-refractivity contribution in [3.05, 3.63) is 17.5 Å². The molecule has 1 rings (SSSR count). The van der Waals surface area contributed by atoms with Crippen LogP contribution < -0.4 is 0 Å². The van der Waals surface area contributed by atoms with Gasteiger partial charge in [-0.15, -0.1) is 0 Å². The largest absolute Gasteiger partial charge is 0.396 e. The maximum atomic E-state index is 8.59. The maximum Gasteiger partial charge on any atom is 0.0596 e. The van der Waals surface area contributed by atoms with Gasteiger partial charge in [-0.2, -0.15) is 16.9 Å². The quantitative estimate of drug-likeness (QED) is 0.729. The molecule has 0 saturated carbocycles. The number of aliphatic hydroxyl groups excluding tert-OH is 1. The van der Waals surface area contributed by atoms with Crippen LogP contribution in [0, 0.1) is 6.92 Å². The summed E-state index contributed by atoms with van der Waals surface area (Å²) in [6.45, 7) is 2.29. The second kappa shape index (κ2) is 5.29. The summed E-state index contributed by atoms with van der Waals surface area (Å²) in [4.78, 5) is 0. The molecule has 0 aromatic carbocycles. The van der Waals surface area contributed by atoms with E-state index in [4.69, 9.17) is 5.11 Å². The lowest BCUT2D eigenvalue weighted by Crippen LogP contribution is -1.97. The second-order valence-corrected chi connectivity index (χ2v) is 4.14. The number of aromatic nitrogens is 2. The molecule has 1 aromatic heterocycles. The predicted molar refractivity (Wildman–Crippen MR) is 55.8 cm³/mol. The van der Waals surface area contributed by atoms with E-state index in [0.29, 0.717) is 0 Å². The number of aliphatic hydroxyl groups is 1. The summed E-state index contributed by atoms with van der Waals surface area (Å²) < 4.78 is 1.92. The molecule has 1 N–H and O–H groups in total. The molecule has 4 heteroatoms. The van der Waals surface area contributed by atoms with Crippen LogP contribution in [0.4, 0.5) is 0 Å². The van der Waals surface area contributed by atoms with Gasteiger partial charge in [-0.05, 0) is 25.2 Å². The van der Waals surface area contributed by atoms with Crippen molar-refractivity contribution in [1.82, 2.24) is 9.78 Å². The van der Waals surface area contributed by atoms with Crippen molar-refractivity contribution in [3.8, 4) is 0 Å². The number of rotatable bonds is 5. The Balaban J connectivity index is 2.32. The summed E-state index contributed by atoms with van der Waals surface area (Å²) in [5.41, 5.74) is 2.32. The summed E-state index contributed by atoms with van der Waals surface area (Å²) in [6.07, 6.45) is 0.876. The molecule has 0 aliphatic rings. The van der Waals surface area contributed by atoms with Crippen molar-refractivity contribution in [1.29, 1.82) is 0 Å². The zero-order chi connectivity index (χ0) is 9.68. The minimum Gasteiger partial charge on any atom is -0.396 e. The monoisotopic (exact) mass is 200 g/mol. The molecule has 0 radical (unpaired) electrons. The standard InChI is InChI=1S/C9H16N2OS/c1-8-6-9(11(2)10-8)7-13-5-3-4-12/h6,12H,3-5,7H2,1-2H3. The van der Waals surface area contributed by atoms with E-state index in [-0.39, 0.29) is 6.61 Å². The van der Waals surface area contributed by atoms with Crippen molar-refractivity contribution in [3.63, 3.8) is 0 Å². The first-order chi connectivity index (χ1) is 6.24. The molecule has 0 saturated heterocycles. The van der Waals surface area contributed by atoms with Crippen molar-refractivity contribution in [2.45, 2.75) is 19.1 Å². The fourth-order valence-electron chi connectivity index (χ4n) is 1.14. The van der Waals surface area contributed by atoms with Gasteiger partial charge in [-0.25, -0.2) is 0 Å². The lowest BCUT2D eigenvalue weighted by atomic mass is 10.4. The molecule has 0 aliphatic heterocycles. The van der Waals surface area contributed by atoms with Crippen LogP contribution in [-0.4, -0.2) is 27.2 Å². The first-order valence-corrected chi connectivity index (χ1v) is 5.57. The molecule has 0 atom stereocenters. The highest BCUT2D eigenvalue weighted by Crippen LogP contribution is 2.13. The Bertz CT molecular complexity index is 260. The molecule has 1 aromatic rings. The summed E-state index contributed by atoms with van der Waals surface area (Å²) in [6, 6.07) is 2.10. The second-order valence-electron chi connectivity index (χ2n) is 3.03. The number of aryl methyl sites for hydroxylation is 2. The molecule has 0 amide bonds. The Morgan fingerprint density at radius 3 is 2.92 bits per heavy atom. The summed E-state index contributed by atoms with van der Waals surface area (Å²) >= 11 is 1.84. The highest BCUT2D eigenvalue weighted by atomic mass is 32.2. The smallest absolute Gasteiger partial charge is 0.0596 e. The third-order valence-corrected chi connectivity index (χ3v) is 2.87. The Kier molecular flexibility index (Phi) is 4.32. The molecule has 0 unspecified atom stereocenters. The van der Waals surface area contributed by atoms with E-state index in [1.165, 1.54) is 5.69 Å². The minimum atomic E-state index is 0.289. The van der Waals surface area contributed by atoms with Crippen LogP contribution in [0.25, 0.3) is 0 Å². The van der Waals surface area contributed by atoms with Crippen LogP contribution in [0.1, 0.15) is 17.8 Å². The highest BCUT2D eigenvalue weighted by Gasteiger charge is 2.00. The number of nitrogens with zero attached hydrogens (tertiary/aromatic N) is 2. The van der Waals surface area contributed by atoms with Crippen molar-refractivity contribution >= 4 is 11.8 Å². The summed E-state index contributed by atoms with van der Waals surface area (Å²) in [7, 11) is 1.97. The number of hydrogen-bond acceptors (Lipinski definition) is 3. The van der Waals surface area contributed by atoms with Crippen LogP contribution in [0.2, 0.25) is 0 Å². The first kappa shape index (κ1) is 10.6. The normalized spacial score (nSPS) is 10.7. The lowest BCUT2D eigenvalue weighted by molar-refractivity contribution is 0.296. The minimum absolute atomic E-state index is 0.289. The SMILES string of the molecule is Cc1cc(CSCCCO)n(C)n1. The van der Waals surface area contributed by atoms with Crippen LogP contribution in [0.3, 0.4) is 0 Å². The van der Waals surface area contributed by atoms with Gasteiger partial charge in [0.05, 0.1) is 5.69 Å². The zero-order valence-electron chi connectivity index (χ0n) is 8.16. The summed E-state index contributed by atoms with van der Waals surface area (Å²) in [5, 5.41) is 12.9. The molecule has 0 fully saturated rings. The van der Waals surface area contributed by atoms with Crippen LogP contribution in [-0.2, 0) is 12.8 Å². The van der Waals surface area contributed by atoms with E-state index in [1.54, 1.807) is 0 Å². The van der Waals surface area contributed by atoms with E-state index in [1.807, 2.05) is 30.4 Å². The van der Waals surface area contributed by atoms with Crippen LogP contribution >= 0.6 is 11.8 Å². The predicted octanol–water partition coefficient (Wildman–Crippen LogP) is 1.34. The summed E-state index contributed by atoms with van der Waals surface area (Å²) in [5.74, 6) is 2.00. The van der Waals surface area contributed by atoms with Crippen molar-refractivity contribution in [2.75, 3.05) is 12.4 Å². The number of thioether (sulfide) groups is 1. The van der Waals surface area contributed by atoms with E-state index < -0.39 is 0 Å². The Hall–Kier alpha value is -0.480. The highest BCUT2D eigenvalue weighted by molar-refractivity contribution is 7.98. The third-order valence-electron chi connectivity index (χ3n) is 1.80. The van der Waals surface area contributed by atoms with Gasteiger partial charge in [-0.3, -0.25) is 4.68 Å². The molecular formula is C9H16N2OS. The molecule has 0 aliphatic carbocycles. The molecule has 13 heavy (non-hydrogen) atoms. The first-order valence-electron chi connectivity index (χ1n) is 4.42. The van der Waals surface area contributed by atoms with Gasteiger partial charge in [0.2, 0.25) is 0 Å². The maximum absolute atomic E-state index is 8.59. The van der Waals surface area contributed by atoms with Crippen molar-refractivity contribution in [2.24, 2.45) is 7.05 Å². The topological polar surface area (TPSA) is 38.0 Å². The Morgan fingerprint density at radius 1 is 1.62 bits per heavy atom. The van der Waals surface area contributed by atoms with Gasteiger partial charge in [0.1, 0.15) is 0 Å². The van der Waals surface area contributed by atoms with Gasteiger partial charge in [0.25, 0.3) is 0 Å². The average molecular weight is 200 g/mol. The van der Waals surface area contributed by atoms with E-state index in [9.17, 15) is 0 Å². The van der Waals surface area contributed by atoms with Crippen LogP contribution in [0.5, 0.6) is 0 Å². The van der Waals surface area contributed by atoms with E-state index in [0.717, 1.165) is 23.6 Å². The van der Waals surface area contributed by atoms with Gasteiger partial charge in [-0.1, -0.05) is 0 Å². The fraction of sp³-hybridized carbons (Fsp3) is 0.667. The molecule has 74 valence electrons. The van der Waals surface area contributed by atoms with Gasteiger partial charge < -0.3 is 5.11 Å². The third kappa shape index (κ3) is 3.40. The average Bonchev–Trinajstić information content (AvgIpc) is 2.39. The van der Waals surface area contributed by atoms with E-state index in [2.05, 4.69) is 11.2 Å². The molecule has 3 nitrogen and oxygen atoms in total. The Morgan fingerprint density at radius 2 is 2.38 bits per heavy atom. The van der Waals surface area contributed by atoms with Gasteiger partial charge >= 0.3 is 0 Å². The lowest BCUT2D eigenvalue weighted by Gasteiger charge is -2.00. The van der Waals surface area contributed by atoms with Gasteiger partial charge in [0, 0.05) is 25.1 Å². The molecule has 0 bridgehead atoms. The van der Waals surface area contributed by atoms with Gasteiger partial charge in [0.15, 0.2) is 0 Å². The van der Waals surface area contributed by atoms with E-state index >= 15 is 0 Å². The fourth-order valence-corrected chi connectivity index (χ4v) is 2.10. The molecular weight excluding hydrogens is 184 g/mol. The van der Waals surface area contributed by atoms with Crippen molar-refractivity contribution < 1.29 is 5.11 Å². The molecule has 0 spiro atoms. The zero-order valence-corrected chi connectivity index (χ0v) is 8.97. The Labute approximate surface area is 83.1 Å². The number of hydrogen-bond donors (Lipinski definition) is 1.